The largest absolute Gasteiger partial charge is 0.463 e. The van der Waals surface area contributed by atoms with Crippen molar-refractivity contribution in [2.45, 2.75) is 37.8 Å². The Labute approximate surface area is 197 Å². The summed E-state index contributed by atoms with van der Waals surface area (Å²) < 4.78 is 10.8. The number of rotatable bonds is 6. The second kappa shape index (κ2) is 10.7. The molecule has 2 amide bonds. The standard InChI is InChI=1S/C24H27N3O5S/c28-21(13-17-7-3-6-16-5-1-2-9-19(16)17)26-24(33)27-11-10-25-23(30)20(27)14-22(29)32-15-18-8-4-12-31-18/h1-3,5-7,9,18,20H,4,8,10-15H2,(H,25,30)(H,26,28,33). The van der Waals surface area contributed by atoms with E-state index >= 15 is 0 Å². The minimum atomic E-state index is -0.832. The summed E-state index contributed by atoms with van der Waals surface area (Å²) in [5.41, 5.74) is 0.888. The van der Waals surface area contributed by atoms with E-state index in [1.807, 2.05) is 42.5 Å². The van der Waals surface area contributed by atoms with Crippen molar-refractivity contribution in [3.63, 3.8) is 0 Å². The predicted molar refractivity (Wildman–Crippen MR) is 126 cm³/mol. The number of carbonyl (C=O) groups excluding carboxylic acids is 3. The first kappa shape index (κ1) is 23.1. The minimum absolute atomic E-state index is 0.0836. The van der Waals surface area contributed by atoms with Gasteiger partial charge in [0.2, 0.25) is 11.8 Å². The second-order valence-electron chi connectivity index (χ2n) is 8.19. The number of hydrogen-bond donors (Lipinski definition) is 2. The molecule has 0 bridgehead atoms. The van der Waals surface area contributed by atoms with Crippen LogP contribution in [0.25, 0.3) is 10.8 Å². The van der Waals surface area contributed by atoms with E-state index in [1.54, 1.807) is 4.90 Å². The molecule has 2 aliphatic heterocycles. The van der Waals surface area contributed by atoms with Gasteiger partial charge in [-0.3, -0.25) is 14.4 Å². The third-order valence-electron chi connectivity index (χ3n) is 5.88. The number of nitrogens with one attached hydrogen (secondary N) is 2. The highest BCUT2D eigenvalue weighted by Crippen LogP contribution is 2.19. The van der Waals surface area contributed by atoms with Gasteiger partial charge in [-0.1, -0.05) is 42.5 Å². The maximum Gasteiger partial charge on any atom is 0.308 e. The van der Waals surface area contributed by atoms with Crippen LogP contribution >= 0.6 is 12.2 Å². The number of thiocarbonyl (C=S) groups is 1. The molecule has 0 aliphatic carbocycles. The van der Waals surface area contributed by atoms with Gasteiger partial charge >= 0.3 is 5.97 Å². The van der Waals surface area contributed by atoms with Gasteiger partial charge < -0.3 is 25.0 Å². The summed E-state index contributed by atoms with van der Waals surface area (Å²) in [6, 6.07) is 12.8. The summed E-state index contributed by atoms with van der Waals surface area (Å²) in [6.45, 7) is 1.62. The normalized spacial score (nSPS) is 20.4. The molecular weight excluding hydrogens is 442 g/mol. The van der Waals surface area contributed by atoms with E-state index in [4.69, 9.17) is 21.7 Å². The quantitative estimate of drug-likeness (QED) is 0.491. The van der Waals surface area contributed by atoms with Gasteiger partial charge in [-0.25, -0.2) is 0 Å². The van der Waals surface area contributed by atoms with E-state index in [2.05, 4.69) is 10.6 Å². The molecule has 0 spiro atoms. The fourth-order valence-corrected chi connectivity index (χ4v) is 4.53. The van der Waals surface area contributed by atoms with Crippen LogP contribution in [0.5, 0.6) is 0 Å². The molecule has 2 aromatic rings. The van der Waals surface area contributed by atoms with Crippen LogP contribution in [0.4, 0.5) is 0 Å². The predicted octanol–water partition coefficient (Wildman–Crippen LogP) is 1.70. The average Bonchev–Trinajstić information content (AvgIpc) is 3.33. The average molecular weight is 470 g/mol. The first-order valence-corrected chi connectivity index (χ1v) is 11.5. The number of hydrogen-bond acceptors (Lipinski definition) is 6. The fraction of sp³-hybridized carbons (Fsp3) is 0.417. The van der Waals surface area contributed by atoms with Crippen LogP contribution in [0.15, 0.2) is 42.5 Å². The molecule has 4 rings (SSSR count). The Hall–Kier alpha value is -3.04. The molecule has 0 radical (unpaired) electrons. The molecule has 8 nitrogen and oxygen atoms in total. The molecule has 0 saturated carbocycles. The van der Waals surface area contributed by atoms with Crippen molar-refractivity contribution in [1.82, 2.24) is 15.5 Å². The van der Waals surface area contributed by atoms with Gasteiger partial charge in [-0.2, -0.15) is 0 Å². The lowest BCUT2D eigenvalue weighted by Crippen LogP contribution is -2.60. The molecular formula is C24H27N3O5S. The maximum absolute atomic E-state index is 12.7. The fourth-order valence-electron chi connectivity index (χ4n) is 4.19. The van der Waals surface area contributed by atoms with Crippen molar-refractivity contribution in [2.75, 3.05) is 26.3 Å². The minimum Gasteiger partial charge on any atom is -0.463 e. The van der Waals surface area contributed by atoms with Crippen molar-refractivity contribution in [2.24, 2.45) is 0 Å². The highest BCUT2D eigenvalue weighted by molar-refractivity contribution is 7.80. The van der Waals surface area contributed by atoms with E-state index in [0.29, 0.717) is 19.7 Å². The van der Waals surface area contributed by atoms with Crippen molar-refractivity contribution in [3.8, 4) is 0 Å². The molecule has 33 heavy (non-hydrogen) atoms. The van der Waals surface area contributed by atoms with Gasteiger partial charge in [-0.05, 0) is 41.4 Å². The van der Waals surface area contributed by atoms with Crippen LogP contribution in [-0.2, 0) is 30.3 Å². The molecule has 2 atom stereocenters. The molecule has 2 unspecified atom stereocenters. The Balaban J connectivity index is 1.36. The highest BCUT2D eigenvalue weighted by Gasteiger charge is 2.34. The number of nitrogens with zero attached hydrogens (tertiary/aromatic N) is 1. The van der Waals surface area contributed by atoms with E-state index < -0.39 is 12.0 Å². The molecule has 174 valence electrons. The Morgan fingerprint density at radius 3 is 2.85 bits per heavy atom. The zero-order chi connectivity index (χ0) is 23.2. The van der Waals surface area contributed by atoms with Gasteiger partial charge in [0.25, 0.3) is 0 Å². The molecule has 2 aliphatic rings. The topological polar surface area (TPSA) is 97.0 Å². The van der Waals surface area contributed by atoms with Gasteiger partial charge in [0.05, 0.1) is 18.9 Å². The molecule has 2 N–H and O–H groups in total. The lowest BCUT2D eigenvalue weighted by Gasteiger charge is -2.36. The van der Waals surface area contributed by atoms with E-state index in [9.17, 15) is 14.4 Å². The molecule has 2 fully saturated rings. The molecule has 2 heterocycles. The summed E-state index contributed by atoms with van der Waals surface area (Å²) in [6.07, 6.45) is 1.72. The summed E-state index contributed by atoms with van der Waals surface area (Å²) in [4.78, 5) is 39.1. The molecule has 0 aromatic heterocycles. The summed E-state index contributed by atoms with van der Waals surface area (Å²) in [7, 11) is 0. The SMILES string of the molecule is O=C(Cc1cccc2ccccc12)NC(=S)N1CCNC(=O)C1CC(=O)OCC1CCCO1. The van der Waals surface area contributed by atoms with Gasteiger partial charge in [-0.15, -0.1) is 0 Å². The Bertz CT molecular complexity index is 1050. The number of carbonyl (C=O) groups is 3. The van der Waals surface area contributed by atoms with Crippen LogP contribution < -0.4 is 10.6 Å². The summed E-state index contributed by atoms with van der Waals surface area (Å²) >= 11 is 5.44. The second-order valence-corrected chi connectivity index (χ2v) is 8.58. The van der Waals surface area contributed by atoms with Crippen molar-refractivity contribution >= 4 is 45.9 Å². The monoisotopic (exact) mass is 469 g/mol. The first-order chi connectivity index (χ1) is 16.0. The van der Waals surface area contributed by atoms with Crippen LogP contribution in [0.1, 0.15) is 24.8 Å². The third kappa shape index (κ3) is 5.85. The first-order valence-electron chi connectivity index (χ1n) is 11.1. The maximum atomic E-state index is 12.7. The number of amides is 2. The van der Waals surface area contributed by atoms with Gasteiger partial charge in [0, 0.05) is 19.7 Å². The third-order valence-corrected chi connectivity index (χ3v) is 6.22. The van der Waals surface area contributed by atoms with Crippen molar-refractivity contribution < 1.29 is 23.9 Å². The van der Waals surface area contributed by atoms with Gasteiger partial charge in [0.1, 0.15) is 12.6 Å². The van der Waals surface area contributed by atoms with Crippen LogP contribution in [0.3, 0.4) is 0 Å². The number of benzene rings is 2. The number of piperazine rings is 1. The van der Waals surface area contributed by atoms with Crippen LogP contribution in [0.2, 0.25) is 0 Å². The lowest BCUT2D eigenvalue weighted by molar-refractivity contribution is -0.150. The van der Waals surface area contributed by atoms with Crippen molar-refractivity contribution in [1.29, 1.82) is 0 Å². The zero-order valence-electron chi connectivity index (χ0n) is 18.2. The van der Waals surface area contributed by atoms with E-state index in [-0.39, 0.29) is 42.5 Å². The number of fused-ring (bicyclic) bond motifs is 1. The van der Waals surface area contributed by atoms with E-state index in [1.165, 1.54) is 0 Å². The summed E-state index contributed by atoms with van der Waals surface area (Å²) in [5, 5.41) is 7.67. The lowest BCUT2D eigenvalue weighted by atomic mass is 10.0. The zero-order valence-corrected chi connectivity index (χ0v) is 19.1. The number of ether oxygens (including phenoxy) is 2. The molecule has 2 aromatic carbocycles. The molecule has 9 heteroatoms. The van der Waals surface area contributed by atoms with E-state index in [0.717, 1.165) is 29.2 Å². The number of esters is 1. The molecule has 2 saturated heterocycles. The smallest absolute Gasteiger partial charge is 0.308 e. The Morgan fingerprint density at radius 1 is 1.21 bits per heavy atom. The Morgan fingerprint density at radius 2 is 2.03 bits per heavy atom. The summed E-state index contributed by atoms with van der Waals surface area (Å²) in [5.74, 6) is -1.09. The van der Waals surface area contributed by atoms with Crippen LogP contribution in [0, 0.1) is 0 Å². The highest BCUT2D eigenvalue weighted by atomic mass is 32.1. The van der Waals surface area contributed by atoms with Gasteiger partial charge in [0.15, 0.2) is 5.11 Å². The Kier molecular flexibility index (Phi) is 7.51. The van der Waals surface area contributed by atoms with Crippen molar-refractivity contribution in [3.05, 3.63) is 48.0 Å². The van der Waals surface area contributed by atoms with Crippen LogP contribution in [-0.4, -0.2) is 66.2 Å².